The molecule has 0 spiro atoms. The van der Waals surface area contributed by atoms with Crippen LogP contribution in [0.2, 0.25) is 0 Å². The molecule has 0 radical (unpaired) electrons. The van der Waals surface area contributed by atoms with Gasteiger partial charge in [0.05, 0.1) is 6.10 Å². The van der Waals surface area contributed by atoms with Crippen LogP contribution < -0.4 is 0 Å². The minimum absolute atomic E-state index is 0.0165. The average molecular weight is 435 g/mol. The van der Waals surface area contributed by atoms with E-state index in [4.69, 9.17) is 18.9 Å². The molecule has 0 aromatic rings. The van der Waals surface area contributed by atoms with Gasteiger partial charge in [0.2, 0.25) is 0 Å². The van der Waals surface area contributed by atoms with Crippen molar-refractivity contribution in [1.82, 2.24) is 0 Å². The van der Waals surface area contributed by atoms with Crippen molar-refractivity contribution in [3.8, 4) is 0 Å². The molecule has 3 aliphatic heterocycles. The molecule has 0 amide bonds. The zero-order valence-corrected chi connectivity index (χ0v) is 19.4. The topological polar surface area (TPSA) is 88.1 Å². The highest BCUT2D eigenvalue weighted by molar-refractivity contribution is 5.92. The number of ether oxygens (including phenoxy) is 4. The van der Waals surface area contributed by atoms with Gasteiger partial charge in [-0.3, -0.25) is 9.59 Å². The van der Waals surface area contributed by atoms with Crippen molar-refractivity contribution >= 4 is 17.9 Å². The molecule has 0 unspecified atom stereocenters. The smallest absolute Gasteiger partial charge is 0.334 e. The van der Waals surface area contributed by atoms with E-state index in [1.54, 1.807) is 6.92 Å². The van der Waals surface area contributed by atoms with Gasteiger partial charge < -0.3 is 18.9 Å². The molecule has 1 fully saturated rings. The molecule has 31 heavy (non-hydrogen) atoms. The Bertz CT molecular complexity index is 811. The minimum atomic E-state index is -0.967. The summed E-state index contributed by atoms with van der Waals surface area (Å²) in [4.78, 5) is 36.7. The third kappa shape index (κ3) is 5.03. The lowest BCUT2D eigenvalue weighted by molar-refractivity contribution is -0.192. The van der Waals surface area contributed by atoms with Gasteiger partial charge >= 0.3 is 17.9 Å². The maximum Gasteiger partial charge on any atom is 0.334 e. The van der Waals surface area contributed by atoms with Gasteiger partial charge in [-0.25, -0.2) is 4.79 Å². The fraction of sp³-hybridized carbons (Fsp3) is 0.708. The first-order valence-electron chi connectivity index (χ1n) is 11.1. The number of carbonyl (C=O) groups is 3. The van der Waals surface area contributed by atoms with E-state index < -0.39 is 41.8 Å². The Kier molecular flexibility index (Phi) is 6.94. The molecule has 3 heterocycles. The molecule has 0 aliphatic carbocycles. The second-order valence-corrected chi connectivity index (χ2v) is 9.35. The molecule has 6 atom stereocenters. The van der Waals surface area contributed by atoms with Gasteiger partial charge in [0, 0.05) is 31.4 Å². The molecule has 3 rings (SSSR count). The van der Waals surface area contributed by atoms with Gasteiger partial charge in [-0.2, -0.15) is 0 Å². The van der Waals surface area contributed by atoms with E-state index in [0.717, 1.165) is 24.8 Å². The number of carbonyl (C=O) groups excluding carboxylic acids is 3. The summed E-state index contributed by atoms with van der Waals surface area (Å²) < 4.78 is 23.7. The third-order valence-electron chi connectivity index (χ3n) is 6.71. The summed E-state index contributed by atoms with van der Waals surface area (Å²) in [7, 11) is 0. The largest absolute Gasteiger partial charge is 0.455 e. The summed E-state index contributed by atoms with van der Waals surface area (Å²) >= 11 is 0. The molecular weight excluding hydrogens is 400 g/mol. The number of hydrogen-bond donors (Lipinski definition) is 0. The Balaban J connectivity index is 2.14. The van der Waals surface area contributed by atoms with Crippen molar-refractivity contribution in [2.75, 3.05) is 0 Å². The fourth-order valence-electron chi connectivity index (χ4n) is 5.00. The average Bonchev–Trinajstić information content (AvgIpc) is 3.18. The molecule has 1 saturated heterocycles. The van der Waals surface area contributed by atoms with Crippen LogP contribution in [0.4, 0.5) is 0 Å². The van der Waals surface area contributed by atoms with Crippen LogP contribution in [0.1, 0.15) is 73.6 Å². The number of rotatable bonds is 2. The second kappa shape index (κ2) is 9.15. The van der Waals surface area contributed by atoms with Crippen LogP contribution in [0.25, 0.3) is 0 Å². The number of esters is 3. The third-order valence-corrected chi connectivity index (χ3v) is 6.71. The van der Waals surface area contributed by atoms with Crippen molar-refractivity contribution in [3.63, 3.8) is 0 Å². The Morgan fingerprint density at radius 2 is 1.81 bits per heavy atom. The van der Waals surface area contributed by atoms with Crippen LogP contribution in [0.5, 0.6) is 0 Å². The molecule has 0 aromatic heterocycles. The van der Waals surface area contributed by atoms with Gasteiger partial charge in [0.15, 0.2) is 12.2 Å². The monoisotopic (exact) mass is 434 g/mol. The van der Waals surface area contributed by atoms with Crippen molar-refractivity contribution < 1.29 is 33.3 Å². The first-order valence-corrected chi connectivity index (χ1v) is 11.1. The number of fused-ring (bicyclic) bond motifs is 3. The van der Waals surface area contributed by atoms with Crippen molar-refractivity contribution in [2.45, 2.75) is 104 Å². The molecule has 0 aromatic carbocycles. The molecule has 7 nitrogen and oxygen atoms in total. The molecule has 2 bridgehead atoms. The zero-order chi connectivity index (χ0) is 22.9. The molecule has 0 N–H and O–H groups in total. The van der Waals surface area contributed by atoms with Crippen LogP contribution in [0.3, 0.4) is 0 Å². The zero-order valence-electron chi connectivity index (χ0n) is 19.4. The molecular formula is C24H34O7. The van der Waals surface area contributed by atoms with Gasteiger partial charge in [-0.05, 0) is 52.4 Å². The Morgan fingerprint density at radius 3 is 2.45 bits per heavy atom. The standard InChI is InChI=1S/C24H34O7/c1-13-8-7-9-14(2)18-10-11-24(6,31-18)22(29-17(5)26)21(28-16(4)25)20-15(3)23(27)30-19(20)12-13/h8,14,18-19,21-22H,7,9-12H2,1-6H3/b13-8-/t14-,18+,19-,21-,22+,24-/m1/s1. The Labute approximate surface area is 184 Å². The van der Waals surface area contributed by atoms with Crippen LogP contribution >= 0.6 is 0 Å². The van der Waals surface area contributed by atoms with E-state index >= 15 is 0 Å². The summed E-state index contributed by atoms with van der Waals surface area (Å²) in [5.74, 6) is -1.13. The van der Waals surface area contributed by atoms with Gasteiger partial charge in [-0.15, -0.1) is 0 Å². The summed E-state index contributed by atoms with van der Waals surface area (Å²) in [5, 5.41) is 0. The van der Waals surface area contributed by atoms with Crippen LogP contribution in [-0.2, 0) is 33.3 Å². The van der Waals surface area contributed by atoms with Crippen molar-refractivity contribution in [2.24, 2.45) is 5.92 Å². The van der Waals surface area contributed by atoms with Crippen molar-refractivity contribution in [1.29, 1.82) is 0 Å². The lowest BCUT2D eigenvalue weighted by atomic mass is 9.83. The second-order valence-electron chi connectivity index (χ2n) is 9.35. The molecule has 172 valence electrons. The normalized spacial score (nSPS) is 38.1. The van der Waals surface area contributed by atoms with Crippen LogP contribution in [0, 0.1) is 5.92 Å². The minimum Gasteiger partial charge on any atom is -0.455 e. The van der Waals surface area contributed by atoms with E-state index in [2.05, 4.69) is 13.0 Å². The number of hydrogen-bond acceptors (Lipinski definition) is 7. The highest BCUT2D eigenvalue weighted by Gasteiger charge is 2.53. The molecule has 3 aliphatic rings. The summed E-state index contributed by atoms with van der Waals surface area (Å²) in [6.07, 6.45) is 3.60. The first-order chi connectivity index (χ1) is 14.5. The van der Waals surface area contributed by atoms with Crippen LogP contribution in [-0.4, -0.2) is 47.9 Å². The summed E-state index contributed by atoms with van der Waals surface area (Å²) in [5.41, 5.74) is 1.19. The van der Waals surface area contributed by atoms with Gasteiger partial charge in [0.1, 0.15) is 11.7 Å². The first kappa shape index (κ1) is 23.5. The summed E-state index contributed by atoms with van der Waals surface area (Å²) in [6.45, 7) is 10.4. The maximum absolute atomic E-state index is 12.5. The van der Waals surface area contributed by atoms with Gasteiger partial charge in [-0.1, -0.05) is 18.6 Å². The Morgan fingerprint density at radius 1 is 1.13 bits per heavy atom. The highest BCUT2D eigenvalue weighted by atomic mass is 16.6. The lowest BCUT2D eigenvalue weighted by Gasteiger charge is -2.39. The van der Waals surface area contributed by atoms with Gasteiger partial charge in [0.25, 0.3) is 0 Å². The highest BCUT2D eigenvalue weighted by Crippen LogP contribution is 2.43. The molecule has 7 heteroatoms. The predicted octanol–water partition coefficient (Wildman–Crippen LogP) is 3.80. The SMILES string of the molecule is CC(=O)O[C@@H]1C2=C(C)C(=O)O[C@@H]2C/C(C)=C\CC[C@@H](C)[C@@H]2CC[C@@](C)(O2)[C@H]1OC(C)=O. The van der Waals surface area contributed by atoms with Crippen molar-refractivity contribution in [3.05, 3.63) is 22.8 Å². The Hall–Kier alpha value is -2.15. The van der Waals surface area contributed by atoms with E-state index in [1.807, 2.05) is 13.8 Å². The quantitative estimate of drug-likeness (QED) is 0.371. The van der Waals surface area contributed by atoms with E-state index in [9.17, 15) is 14.4 Å². The van der Waals surface area contributed by atoms with E-state index in [1.165, 1.54) is 13.8 Å². The predicted molar refractivity (Wildman–Crippen MR) is 113 cm³/mol. The lowest BCUT2D eigenvalue weighted by Crippen LogP contribution is -2.52. The number of allylic oxidation sites excluding steroid dienone is 1. The van der Waals surface area contributed by atoms with Crippen LogP contribution in [0.15, 0.2) is 22.8 Å². The summed E-state index contributed by atoms with van der Waals surface area (Å²) in [6, 6.07) is 0. The van der Waals surface area contributed by atoms with E-state index in [-0.39, 0.29) is 6.10 Å². The maximum atomic E-state index is 12.5. The molecule has 0 saturated carbocycles. The fourth-order valence-corrected chi connectivity index (χ4v) is 5.00. The van der Waals surface area contributed by atoms with E-state index in [0.29, 0.717) is 29.9 Å².